The Balaban J connectivity index is 1.48. The van der Waals surface area contributed by atoms with Gasteiger partial charge in [-0.1, -0.05) is 0 Å². The quantitative estimate of drug-likeness (QED) is 0.508. The van der Waals surface area contributed by atoms with Crippen LogP contribution in [0.15, 0.2) is 18.2 Å². The van der Waals surface area contributed by atoms with Gasteiger partial charge in [0.05, 0.1) is 0 Å². The van der Waals surface area contributed by atoms with Crippen molar-refractivity contribution in [1.29, 1.82) is 0 Å². The smallest absolute Gasteiger partial charge is 0.389 e. The van der Waals surface area contributed by atoms with Gasteiger partial charge in [-0.05, 0) is 68.7 Å². The van der Waals surface area contributed by atoms with E-state index in [9.17, 15) is 27.5 Å². The number of amides is 1. The molecule has 2 aliphatic rings. The summed E-state index contributed by atoms with van der Waals surface area (Å²) in [7, 11) is 0. The van der Waals surface area contributed by atoms with Crippen molar-refractivity contribution in [3.05, 3.63) is 41.2 Å². The summed E-state index contributed by atoms with van der Waals surface area (Å²) in [4.78, 5) is 12.7. The molecule has 0 bridgehead atoms. The number of nitrogens with zero attached hydrogens (tertiary/aromatic N) is 3. The van der Waals surface area contributed by atoms with Gasteiger partial charge in [-0.25, -0.2) is 4.39 Å². The average molecular weight is 468 g/mol. The Hall–Kier alpha value is -2.49. The fourth-order valence-electron chi connectivity index (χ4n) is 4.69. The van der Waals surface area contributed by atoms with E-state index in [4.69, 9.17) is 0 Å². The molecule has 0 saturated heterocycles. The fraction of sp³-hybridized carbons (Fsp3) is 0.609. The van der Waals surface area contributed by atoms with Gasteiger partial charge in [0.25, 0.3) is 0 Å². The lowest BCUT2D eigenvalue weighted by Crippen LogP contribution is -2.29. The van der Waals surface area contributed by atoms with Crippen molar-refractivity contribution in [2.45, 2.75) is 75.9 Å². The summed E-state index contributed by atoms with van der Waals surface area (Å²) in [5.74, 6) is -0.212. The van der Waals surface area contributed by atoms with Crippen LogP contribution in [-0.4, -0.2) is 38.6 Å². The number of hydrogen-bond donors (Lipinski definition) is 2. The van der Waals surface area contributed by atoms with Crippen molar-refractivity contribution >= 4 is 11.6 Å². The third-order valence-corrected chi connectivity index (χ3v) is 6.52. The Morgan fingerprint density at radius 2 is 2.00 bits per heavy atom. The minimum Gasteiger partial charge on any atom is -0.396 e. The molecule has 1 heterocycles. The summed E-state index contributed by atoms with van der Waals surface area (Å²) in [5.41, 5.74) is 1.11. The molecule has 2 aromatic rings. The van der Waals surface area contributed by atoms with E-state index >= 15 is 0 Å². The van der Waals surface area contributed by atoms with E-state index in [2.05, 4.69) is 15.5 Å². The number of hydrogen-bond acceptors (Lipinski definition) is 4. The molecule has 1 amide bonds. The standard InChI is InChI=1S/C23H28F4N4O2/c1-13-8-17(24)2-5-19(13)28-20(33)11-15(6-7-32)21-29-30-22(31(21)18-3-4-18)16-9-14(10-16)12-23(25,26)27/h2,5,8,14-16,18,32H,3-4,6-7,9-12H2,1H3,(H,28,33)/t14?,15-,16?/m0/s1. The van der Waals surface area contributed by atoms with Crippen LogP contribution in [0.1, 0.15) is 80.0 Å². The number of anilines is 1. The van der Waals surface area contributed by atoms with Gasteiger partial charge in [-0.3, -0.25) is 4.79 Å². The molecule has 33 heavy (non-hydrogen) atoms. The lowest BCUT2D eigenvalue weighted by Gasteiger charge is -2.35. The van der Waals surface area contributed by atoms with Crippen molar-refractivity contribution in [1.82, 2.24) is 14.8 Å². The van der Waals surface area contributed by atoms with Crippen LogP contribution in [0.4, 0.5) is 23.2 Å². The maximum atomic E-state index is 13.3. The first-order valence-electron chi connectivity index (χ1n) is 11.3. The number of carbonyl (C=O) groups excluding carboxylic acids is 1. The summed E-state index contributed by atoms with van der Waals surface area (Å²) in [6.07, 6.45) is -1.84. The molecular weight excluding hydrogens is 440 g/mol. The van der Waals surface area contributed by atoms with Crippen LogP contribution in [0.3, 0.4) is 0 Å². The van der Waals surface area contributed by atoms with Crippen molar-refractivity contribution < 1.29 is 27.5 Å². The summed E-state index contributed by atoms with van der Waals surface area (Å²) in [5, 5.41) is 21.1. The van der Waals surface area contributed by atoms with E-state index in [1.165, 1.54) is 18.2 Å². The van der Waals surface area contributed by atoms with Crippen molar-refractivity contribution in [3.8, 4) is 0 Å². The van der Waals surface area contributed by atoms with E-state index in [0.717, 1.165) is 12.8 Å². The zero-order valence-corrected chi connectivity index (χ0v) is 18.4. The van der Waals surface area contributed by atoms with Crippen LogP contribution in [0.5, 0.6) is 0 Å². The number of carbonyl (C=O) groups is 1. The molecule has 0 spiro atoms. The zero-order valence-electron chi connectivity index (χ0n) is 18.4. The van der Waals surface area contributed by atoms with Gasteiger partial charge in [-0.15, -0.1) is 10.2 Å². The van der Waals surface area contributed by atoms with Crippen molar-refractivity contribution in [2.75, 3.05) is 11.9 Å². The van der Waals surface area contributed by atoms with Crippen molar-refractivity contribution in [3.63, 3.8) is 0 Å². The van der Waals surface area contributed by atoms with Gasteiger partial charge >= 0.3 is 6.18 Å². The molecule has 0 unspecified atom stereocenters. The highest BCUT2D eigenvalue weighted by atomic mass is 19.4. The highest BCUT2D eigenvalue weighted by Gasteiger charge is 2.43. The van der Waals surface area contributed by atoms with E-state index in [0.29, 0.717) is 42.2 Å². The molecular formula is C23H28F4N4O2. The number of rotatable bonds is 9. The second-order valence-electron chi connectivity index (χ2n) is 9.29. The predicted octanol–water partition coefficient (Wildman–Crippen LogP) is 5.00. The highest BCUT2D eigenvalue weighted by molar-refractivity contribution is 5.91. The number of halogens is 4. The van der Waals surface area contributed by atoms with E-state index in [-0.39, 0.29) is 48.5 Å². The normalized spacial score (nSPS) is 21.5. The minimum absolute atomic E-state index is 0.0591. The van der Waals surface area contributed by atoms with E-state index in [1.807, 2.05) is 4.57 Å². The Kier molecular flexibility index (Phi) is 6.74. The largest absolute Gasteiger partial charge is 0.396 e. The maximum absolute atomic E-state index is 13.3. The van der Waals surface area contributed by atoms with Gasteiger partial charge in [0, 0.05) is 43.0 Å². The molecule has 0 radical (unpaired) electrons. The molecule has 2 saturated carbocycles. The molecule has 180 valence electrons. The fourth-order valence-corrected chi connectivity index (χ4v) is 4.69. The molecule has 1 aromatic carbocycles. The third kappa shape index (κ3) is 5.72. The number of aliphatic hydroxyl groups is 1. The second-order valence-corrected chi connectivity index (χ2v) is 9.29. The van der Waals surface area contributed by atoms with Gasteiger partial charge in [0.15, 0.2) is 0 Å². The highest BCUT2D eigenvalue weighted by Crippen LogP contribution is 2.49. The van der Waals surface area contributed by atoms with Crippen LogP contribution in [0.2, 0.25) is 0 Å². The third-order valence-electron chi connectivity index (χ3n) is 6.52. The molecule has 2 fully saturated rings. The SMILES string of the molecule is Cc1cc(F)ccc1NC(=O)C[C@H](CCO)c1nnc(C2CC(CC(F)(F)F)C2)n1C1CC1. The molecule has 1 aromatic heterocycles. The number of aromatic nitrogens is 3. The van der Waals surface area contributed by atoms with Crippen LogP contribution in [0.25, 0.3) is 0 Å². The monoisotopic (exact) mass is 468 g/mol. The number of benzene rings is 1. The van der Waals surface area contributed by atoms with Crippen LogP contribution in [-0.2, 0) is 4.79 Å². The van der Waals surface area contributed by atoms with Gasteiger partial charge < -0.3 is 15.0 Å². The number of nitrogens with one attached hydrogen (secondary N) is 1. The lowest BCUT2D eigenvalue weighted by atomic mass is 9.72. The second kappa shape index (κ2) is 9.40. The first kappa shape index (κ1) is 23.7. The molecule has 2 aliphatic carbocycles. The lowest BCUT2D eigenvalue weighted by molar-refractivity contribution is -0.151. The predicted molar refractivity (Wildman–Crippen MR) is 113 cm³/mol. The number of aryl methyl sites for hydroxylation is 1. The van der Waals surface area contributed by atoms with E-state index < -0.39 is 12.6 Å². The van der Waals surface area contributed by atoms with Crippen LogP contribution in [0, 0.1) is 18.7 Å². The average Bonchev–Trinajstić information content (AvgIpc) is 3.44. The van der Waals surface area contributed by atoms with Crippen LogP contribution < -0.4 is 5.32 Å². The molecule has 4 rings (SSSR count). The minimum atomic E-state index is -4.16. The number of aliphatic hydroxyl groups excluding tert-OH is 1. The zero-order chi connectivity index (χ0) is 23.8. The molecule has 1 atom stereocenters. The first-order valence-corrected chi connectivity index (χ1v) is 11.3. The van der Waals surface area contributed by atoms with E-state index in [1.54, 1.807) is 6.92 Å². The first-order chi connectivity index (χ1) is 15.6. The maximum Gasteiger partial charge on any atom is 0.389 e. The number of alkyl halides is 3. The summed E-state index contributed by atoms with van der Waals surface area (Å²) >= 11 is 0. The Labute approximate surface area is 189 Å². The Morgan fingerprint density at radius 3 is 2.61 bits per heavy atom. The summed E-state index contributed by atoms with van der Waals surface area (Å²) in [6, 6.07) is 4.30. The van der Waals surface area contributed by atoms with Crippen LogP contribution >= 0.6 is 0 Å². The van der Waals surface area contributed by atoms with Gasteiger partial charge in [-0.2, -0.15) is 13.2 Å². The van der Waals surface area contributed by atoms with Gasteiger partial charge in [0.2, 0.25) is 5.91 Å². The van der Waals surface area contributed by atoms with Gasteiger partial charge in [0.1, 0.15) is 17.5 Å². The molecule has 2 N–H and O–H groups in total. The van der Waals surface area contributed by atoms with Crippen molar-refractivity contribution in [2.24, 2.45) is 5.92 Å². The molecule has 10 heteroatoms. The Bertz CT molecular complexity index is 997. The summed E-state index contributed by atoms with van der Waals surface area (Å²) in [6.45, 7) is 1.56. The molecule has 6 nitrogen and oxygen atoms in total. The topological polar surface area (TPSA) is 80.0 Å². The molecule has 0 aliphatic heterocycles. The summed E-state index contributed by atoms with van der Waals surface area (Å²) < 4.78 is 53.4. The Morgan fingerprint density at radius 1 is 1.27 bits per heavy atom.